The number of benzene rings is 2. The molecule has 0 amide bonds. The first-order valence-electron chi connectivity index (χ1n) is 6.52. The van der Waals surface area contributed by atoms with Crippen LogP contribution in [0.2, 0.25) is 0 Å². The molecule has 0 aromatic heterocycles. The Morgan fingerprint density at radius 2 is 1.62 bits per heavy atom. The molecular weight excluding hydrogens is 279 g/mol. The maximum absolute atomic E-state index is 13.6. The molecule has 2 atom stereocenters. The third-order valence-corrected chi connectivity index (χ3v) is 3.49. The summed E-state index contributed by atoms with van der Waals surface area (Å²) in [6.07, 6.45) is -1.15. The molecular formula is C16H16F3NO. The minimum Gasteiger partial charge on any atom is -0.388 e. The Bertz CT molecular complexity index is 625. The SMILES string of the molecule is Cc1ccc(C(O)C(CN)c2cc(F)cc(F)c2)cc1F. The Labute approximate surface area is 121 Å². The van der Waals surface area contributed by atoms with E-state index in [0.717, 1.165) is 18.2 Å². The van der Waals surface area contributed by atoms with Gasteiger partial charge in [0.2, 0.25) is 0 Å². The number of rotatable bonds is 4. The fourth-order valence-electron chi connectivity index (χ4n) is 2.26. The Morgan fingerprint density at radius 3 is 2.14 bits per heavy atom. The third kappa shape index (κ3) is 3.43. The molecule has 0 aliphatic carbocycles. The highest BCUT2D eigenvalue weighted by Crippen LogP contribution is 2.31. The highest BCUT2D eigenvalue weighted by molar-refractivity contribution is 5.30. The molecule has 2 aromatic carbocycles. The molecule has 0 heterocycles. The molecule has 2 aromatic rings. The van der Waals surface area contributed by atoms with Crippen molar-refractivity contribution < 1.29 is 18.3 Å². The molecule has 0 saturated carbocycles. The second kappa shape index (κ2) is 6.28. The lowest BCUT2D eigenvalue weighted by atomic mass is 9.88. The summed E-state index contributed by atoms with van der Waals surface area (Å²) >= 11 is 0. The smallest absolute Gasteiger partial charge is 0.126 e. The number of aliphatic hydroxyl groups is 1. The Kier molecular flexibility index (Phi) is 4.65. The van der Waals surface area contributed by atoms with Crippen molar-refractivity contribution in [1.29, 1.82) is 0 Å². The number of halogens is 3. The number of aliphatic hydroxyl groups excluding tert-OH is 1. The maximum Gasteiger partial charge on any atom is 0.126 e. The zero-order valence-corrected chi connectivity index (χ0v) is 11.5. The van der Waals surface area contributed by atoms with Crippen molar-refractivity contribution in [3.8, 4) is 0 Å². The van der Waals surface area contributed by atoms with Gasteiger partial charge < -0.3 is 10.8 Å². The summed E-state index contributed by atoms with van der Waals surface area (Å²) in [5.74, 6) is -2.67. The predicted octanol–water partition coefficient (Wildman–Crippen LogP) is 3.19. The van der Waals surface area contributed by atoms with Crippen LogP contribution in [0, 0.1) is 24.4 Å². The van der Waals surface area contributed by atoms with Gasteiger partial charge in [-0.15, -0.1) is 0 Å². The van der Waals surface area contributed by atoms with E-state index in [9.17, 15) is 18.3 Å². The van der Waals surface area contributed by atoms with Crippen molar-refractivity contribution in [2.45, 2.75) is 18.9 Å². The van der Waals surface area contributed by atoms with Gasteiger partial charge in [-0.25, -0.2) is 13.2 Å². The van der Waals surface area contributed by atoms with E-state index in [1.807, 2.05) is 0 Å². The summed E-state index contributed by atoms with van der Waals surface area (Å²) in [5.41, 5.74) is 6.62. The quantitative estimate of drug-likeness (QED) is 0.910. The summed E-state index contributed by atoms with van der Waals surface area (Å²) in [6.45, 7) is 1.58. The van der Waals surface area contributed by atoms with Crippen molar-refractivity contribution >= 4 is 0 Å². The first-order valence-corrected chi connectivity index (χ1v) is 6.52. The van der Waals surface area contributed by atoms with Crippen LogP contribution in [-0.2, 0) is 0 Å². The lowest BCUT2D eigenvalue weighted by Gasteiger charge is -2.22. The van der Waals surface area contributed by atoms with Crippen LogP contribution in [0.4, 0.5) is 13.2 Å². The van der Waals surface area contributed by atoms with E-state index in [-0.39, 0.29) is 12.1 Å². The van der Waals surface area contributed by atoms with Gasteiger partial charge in [-0.05, 0) is 41.8 Å². The minimum atomic E-state index is -1.15. The summed E-state index contributed by atoms with van der Waals surface area (Å²) in [7, 11) is 0. The highest BCUT2D eigenvalue weighted by atomic mass is 19.1. The lowest BCUT2D eigenvalue weighted by molar-refractivity contribution is 0.146. The standard InChI is InChI=1S/C16H16F3NO/c1-9-2-3-10(6-15(9)19)16(21)14(8-20)11-4-12(17)7-13(18)5-11/h2-7,14,16,21H,8,20H2,1H3. The molecule has 0 fully saturated rings. The fourth-order valence-corrected chi connectivity index (χ4v) is 2.26. The van der Waals surface area contributed by atoms with Gasteiger partial charge in [-0.1, -0.05) is 12.1 Å². The van der Waals surface area contributed by atoms with Gasteiger partial charge in [0, 0.05) is 18.5 Å². The van der Waals surface area contributed by atoms with Crippen LogP contribution < -0.4 is 5.73 Å². The number of hydrogen-bond donors (Lipinski definition) is 2. The zero-order chi connectivity index (χ0) is 15.6. The number of aryl methyl sites for hydroxylation is 1. The molecule has 2 nitrogen and oxygen atoms in total. The van der Waals surface area contributed by atoms with Crippen LogP contribution in [-0.4, -0.2) is 11.7 Å². The van der Waals surface area contributed by atoms with Gasteiger partial charge in [-0.3, -0.25) is 0 Å². The van der Waals surface area contributed by atoms with Crippen molar-refractivity contribution in [3.63, 3.8) is 0 Å². The van der Waals surface area contributed by atoms with Crippen molar-refractivity contribution in [1.82, 2.24) is 0 Å². The van der Waals surface area contributed by atoms with Gasteiger partial charge in [0.1, 0.15) is 17.5 Å². The molecule has 0 radical (unpaired) electrons. The normalized spacial score (nSPS) is 14.0. The summed E-state index contributed by atoms with van der Waals surface area (Å²) in [4.78, 5) is 0. The Balaban J connectivity index is 2.37. The summed E-state index contributed by atoms with van der Waals surface area (Å²) < 4.78 is 40.1. The van der Waals surface area contributed by atoms with Crippen molar-refractivity contribution in [2.75, 3.05) is 6.54 Å². The fraction of sp³-hybridized carbons (Fsp3) is 0.250. The average molecular weight is 295 g/mol. The Hall–Kier alpha value is -1.85. The maximum atomic E-state index is 13.6. The topological polar surface area (TPSA) is 46.2 Å². The molecule has 0 aliphatic rings. The van der Waals surface area contributed by atoms with E-state index in [0.29, 0.717) is 11.1 Å². The molecule has 112 valence electrons. The number of hydrogen-bond acceptors (Lipinski definition) is 2. The first-order chi connectivity index (χ1) is 9.92. The van der Waals surface area contributed by atoms with E-state index < -0.39 is 29.5 Å². The predicted molar refractivity (Wildman–Crippen MR) is 74.3 cm³/mol. The molecule has 0 spiro atoms. The van der Waals surface area contributed by atoms with E-state index in [4.69, 9.17) is 5.73 Å². The van der Waals surface area contributed by atoms with Gasteiger partial charge in [0.15, 0.2) is 0 Å². The van der Waals surface area contributed by atoms with E-state index >= 15 is 0 Å². The van der Waals surface area contributed by atoms with E-state index in [1.54, 1.807) is 13.0 Å². The van der Waals surface area contributed by atoms with Gasteiger partial charge in [-0.2, -0.15) is 0 Å². The summed E-state index contributed by atoms with van der Waals surface area (Å²) in [6, 6.07) is 7.30. The Morgan fingerprint density at radius 1 is 1.00 bits per heavy atom. The van der Waals surface area contributed by atoms with Gasteiger partial charge in [0.25, 0.3) is 0 Å². The van der Waals surface area contributed by atoms with Crippen LogP contribution >= 0.6 is 0 Å². The molecule has 0 saturated heterocycles. The molecule has 21 heavy (non-hydrogen) atoms. The first kappa shape index (κ1) is 15.5. The third-order valence-electron chi connectivity index (χ3n) is 3.49. The monoisotopic (exact) mass is 295 g/mol. The molecule has 2 unspecified atom stereocenters. The van der Waals surface area contributed by atoms with Crippen molar-refractivity contribution in [3.05, 3.63) is 70.5 Å². The summed E-state index contributed by atoms with van der Waals surface area (Å²) in [5, 5.41) is 10.3. The largest absolute Gasteiger partial charge is 0.388 e. The van der Waals surface area contributed by atoms with Crippen LogP contribution in [0.1, 0.15) is 28.7 Å². The minimum absolute atomic E-state index is 0.0282. The van der Waals surface area contributed by atoms with Crippen LogP contribution in [0.3, 0.4) is 0 Å². The van der Waals surface area contributed by atoms with Crippen molar-refractivity contribution in [2.24, 2.45) is 5.73 Å². The lowest BCUT2D eigenvalue weighted by Crippen LogP contribution is -2.20. The molecule has 2 rings (SSSR count). The molecule has 3 N–H and O–H groups in total. The second-order valence-electron chi connectivity index (χ2n) is 5.00. The molecule has 5 heteroatoms. The van der Waals surface area contributed by atoms with E-state index in [1.165, 1.54) is 12.1 Å². The van der Waals surface area contributed by atoms with Gasteiger partial charge in [0.05, 0.1) is 6.10 Å². The number of nitrogens with two attached hydrogens (primary N) is 1. The van der Waals surface area contributed by atoms with Crippen LogP contribution in [0.15, 0.2) is 36.4 Å². The molecule has 0 bridgehead atoms. The molecule has 0 aliphatic heterocycles. The van der Waals surface area contributed by atoms with E-state index in [2.05, 4.69) is 0 Å². The second-order valence-corrected chi connectivity index (χ2v) is 5.00. The van der Waals surface area contributed by atoms with Crippen LogP contribution in [0.5, 0.6) is 0 Å². The van der Waals surface area contributed by atoms with Gasteiger partial charge >= 0.3 is 0 Å². The van der Waals surface area contributed by atoms with Crippen LogP contribution in [0.25, 0.3) is 0 Å². The zero-order valence-electron chi connectivity index (χ0n) is 11.5. The highest BCUT2D eigenvalue weighted by Gasteiger charge is 2.23. The average Bonchev–Trinajstić information content (AvgIpc) is 2.41.